The maximum absolute atomic E-state index is 13.0. The highest BCUT2D eigenvalue weighted by Gasteiger charge is 2.09. The van der Waals surface area contributed by atoms with Crippen molar-refractivity contribution >= 4 is 34.8 Å². The first kappa shape index (κ1) is 13.6. The second-order valence-electron chi connectivity index (χ2n) is 3.75. The predicted octanol–water partition coefficient (Wildman–Crippen LogP) is 4.09. The van der Waals surface area contributed by atoms with E-state index in [1.807, 2.05) is 0 Å². The summed E-state index contributed by atoms with van der Waals surface area (Å²) in [7, 11) is 0. The van der Waals surface area contributed by atoms with Crippen LogP contribution in [0.4, 0.5) is 10.1 Å². The van der Waals surface area contributed by atoms with Gasteiger partial charge in [-0.05, 0) is 36.4 Å². The van der Waals surface area contributed by atoms with Crippen LogP contribution in [0.2, 0.25) is 10.0 Å². The van der Waals surface area contributed by atoms with Gasteiger partial charge in [0.2, 0.25) is 0 Å². The van der Waals surface area contributed by atoms with Crippen molar-refractivity contribution in [2.75, 3.05) is 5.32 Å². The molecule has 6 heteroatoms. The average Bonchev–Trinajstić information content (AvgIpc) is 2.37. The fourth-order valence-corrected chi connectivity index (χ4v) is 1.79. The Morgan fingerprint density at radius 1 is 1.11 bits per heavy atom. The first-order valence-corrected chi connectivity index (χ1v) is 5.98. The van der Waals surface area contributed by atoms with E-state index in [-0.39, 0.29) is 21.4 Å². The molecule has 19 heavy (non-hydrogen) atoms. The normalized spacial score (nSPS) is 10.3. The van der Waals surface area contributed by atoms with Gasteiger partial charge in [0, 0.05) is 11.3 Å². The molecule has 2 rings (SSSR count). The van der Waals surface area contributed by atoms with Crippen LogP contribution in [-0.4, -0.2) is 11.0 Å². The number of hydrogen-bond acceptors (Lipinski definition) is 2. The van der Waals surface area contributed by atoms with E-state index in [2.05, 4.69) is 5.32 Å². The molecule has 2 aromatic rings. The van der Waals surface area contributed by atoms with Crippen molar-refractivity contribution < 1.29 is 14.3 Å². The number of carbonyl (C=O) groups excluding carboxylic acids is 1. The Kier molecular flexibility index (Phi) is 3.93. The molecule has 0 unspecified atom stereocenters. The molecular formula is C13H8Cl2FNO2. The molecule has 0 saturated heterocycles. The molecule has 1 amide bonds. The minimum atomic E-state index is -0.563. The fraction of sp³-hybridized carbons (Fsp3) is 0. The number of amides is 1. The third-order valence-electron chi connectivity index (χ3n) is 2.39. The second kappa shape index (κ2) is 5.47. The Morgan fingerprint density at radius 3 is 2.47 bits per heavy atom. The lowest BCUT2D eigenvalue weighted by molar-refractivity contribution is 0.102. The van der Waals surface area contributed by atoms with E-state index in [0.29, 0.717) is 5.69 Å². The van der Waals surface area contributed by atoms with E-state index in [9.17, 15) is 14.3 Å². The van der Waals surface area contributed by atoms with Gasteiger partial charge in [-0.15, -0.1) is 0 Å². The minimum absolute atomic E-state index is 0.0739. The molecule has 0 atom stereocenters. The largest absolute Gasteiger partial charge is 0.506 e. The molecule has 98 valence electrons. The SMILES string of the molecule is O=C(Nc1ccc(F)c(Cl)c1)c1ccc(O)c(Cl)c1. The maximum Gasteiger partial charge on any atom is 0.255 e. The van der Waals surface area contributed by atoms with Crippen LogP contribution in [0.3, 0.4) is 0 Å². The zero-order valence-corrected chi connectivity index (χ0v) is 11.0. The van der Waals surface area contributed by atoms with Crippen LogP contribution in [0.1, 0.15) is 10.4 Å². The molecule has 0 bridgehead atoms. The third-order valence-corrected chi connectivity index (χ3v) is 2.98. The molecule has 0 aliphatic rings. The number of hydrogen-bond donors (Lipinski definition) is 2. The summed E-state index contributed by atoms with van der Waals surface area (Å²) >= 11 is 11.3. The number of rotatable bonds is 2. The molecule has 2 aromatic carbocycles. The van der Waals surface area contributed by atoms with Gasteiger partial charge in [0.1, 0.15) is 11.6 Å². The Bertz CT molecular complexity index is 647. The lowest BCUT2D eigenvalue weighted by Gasteiger charge is -2.07. The number of phenolic OH excluding ortho intramolecular Hbond substituents is 1. The molecule has 0 heterocycles. The lowest BCUT2D eigenvalue weighted by Crippen LogP contribution is -2.11. The summed E-state index contributed by atoms with van der Waals surface area (Å²) in [5.41, 5.74) is 0.629. The van der Waals surface area contributed by atoms with E-state index in [4.69, 9.17) is 23.2 Å². The predicted molar refractivity (Wildman–Crippen MR) is 72.5 cm³/mol. The molecular weight excluding hydrogens is 292 g/mol. The summed E-state index contributed by atoms with van der Waals surface area (Å²) < 4.78 is 13.0. The summed E-state index contributed by atoms with van der Waals surface area (Å²) in [6.45, 7) is 0. The van der Waals surface area contributed by atoms with Gasteiger partial charge in [-0.1, -0.05) is 23.2 Å². The van der Waals surface area contributed by atoms with Crippen LogP contribution in [0.15, 0.2) is 36.4 Å². The van der Waals surface area contributed by atoms with Crippen LogP contribution in [-0.2, 0) is 0 Å². The summed E-state index contributed by atoms with van der Waals surface area (Å²) in [6.07, 6.45) is 0. The first-order chi connectivity index (χ1) is 8.97. The van der Waals surface area contributed by atoms with Crippen molar-refractivity contribution in [3.63, 3.8) is 0 Å². The van der Waals surface area contributed by atoms with Crippen molar-refractivity contribution in [2.24, 2.45) is 0 Å². The first-order valence-electron chi connectivity index (χ1n) is 5.22. The minimum Gasteiger partial charge on any atom is -0.506 e. The highest BCUT2D eigenvalue weighted by atomic mass is 35.5. The van der Waals surface area contributed by atoms with E-state index < -0.39 is 11.7 Å². The van der Waals surface area contributed by atoms with Crippen molar-refractivity contribution in [3.8, 4) is 5.75 Å². The lowest BCUT2D eigenvalue weighted by atomic mass is 10.2. The molecule has 2 N–H and O–H groups in total. The molecule has 0 aliphatic carbocycles. The van der Waals surface area contributed by atoms with Gasteiger partial charge in [0.05, 0.1) is 10.0 Å². The second-order valence-corrected chi connectivity index (χ2v) is 4.56. The Balaban J connectivity index is 2.20. The fourth-order valence-electron chi connectivity index (χ4n) is 1.43. The Morgan fingerprint density at radius 2 is 1.84 bits per heavy atom. The van der Waals surface area contributed by atoms with E-state index in [1.165, 1.54) is 30.3 Å². The summed E-state index contributed by atoms with van der Waals surface area (Å²) in [6, 6.07) is 7.91. The van der Waals surface area contributed by atoms with Crippen LogP contribution >= 0.6 is 23.2 Å². The topological polar surface area (TPSA) is 49.3 Å². The van der Waals surface area contributed by atoms with Crippen molar-refractivity contribution in [2.45, 2.75) is 0 Å². The van der Waals surface area contributed by atoms with Crippen molar-refractivity contribution in [1.82, 2.24) is 0 Å². The maximum atomic E-state index is 13.0. The molecule has 0 spiro atoms. The number of carbonyl (C=O) groups is 1. The highest BCUT2D eigenvalue weighted by molar-refractivity contribution is 6.32. The Hall–Kier alpha value is -1.78. The van der Waals surface area contributed by atoms with Gasteiger partial charge < -0.3 is 10.4 Å². The average molecular weight is 300 g/mol. The summed E-state index contributed by atoms with van der Waals surface area (Å²) in [5, 5.41) is 11.8. The van der Waals surface area contributed by atoms with Gasteiger partial charge in [0.15, 0.2) is 0 Å². The van der Waals surface area contributed by atoms with Gasteiger partial charge in [-0.2, -0.15) is 0 Å². The van der Waals surface area contributed by atoms with Crippen LogP contribution in [0.5, 0.6) is 5.75 Å². The summed E-state index contributed by atoms with van der Waals surface area (Å²) in [4.78, 5) is 11.9. The zero-order chi connectivity index (χ0) is 14.0. The number of aromatic hydroxyl groups is 1. The number of nitrogens with one attached hydrogen (secondary N) is 1. The van der Waals surface area contributed by atoms with Gasteiger partial charge in [-0.3, -0.25) is 4.79 Å². The smallest absolute Gasteiger partial charge is 0.255 e. The third kappa shape index (κ3) is 3.16. The monoisotopic (exact) mass is 299 g/mol. The molecule has 0 aliphatic heterocycles. The highest BCUT2D eigenvalue weighted by Crippen LogP contribution is 2.24. The quantitative estimate of drug-likeness (QED) is 0.877. The number of anilines is 1. The Labute approximate surface area is 118 Å². The van der Waals surface area contributed by atoms with E-state index >= 15 is 0 Å². The number of phenols is 1. The van der Waals surface area contributed by atoms with E-state index in [1.54, 1.807) is 0 Å². The standard InChI is InChI=1S/C13H8Cl2FNO2/c14-9-6-8(2-3-11(9)16)17-13(19)7-1-4-12(18)10(15)5-7/h1-6,18H,(H,17,19). The summed E-state index contributed by atoms with van der Waals surface area (Å²) in [5.74, 6) is -1.11. The van der Waals surface area contributed by atoms with Crippen LogP contribution < -0.4 is 5.32 Å². The van der Waals surface area contributed by atoms with Crippen molar-refractivity contribution in [1.29, 1.82) is 0 Å². The molecule has 0 saturated carbocycles. The molecule has 0 fully saturated rings. The van der Waals surface area contributed by atoms with Crippen LogP contribution in [0, 0.1) is 5.82 Å². The molecule has 0 radical (unpaired) electrons. The zero-order valence-electron chi connectivity index (χ0n) is 9.45. The van der Waals surface area contributed by atoms with E-state index in [0.717, 1.165) is 6.07 Å². The van der Waals surface area contributed by atoms with Crippen LogP contribution in [0.25, 0.3) is 0 Å². The van der Waals surface area contributed by atoms with Gasteiger partial charge in [0.25, 0.3) is 5.91 Å². The number of halogens is 3. The van der Waals surface area contributed by atoms with Crippen molar-refractivity contribution in [3.05, 3.63) is 57.8 Å². The van der Waals surface area contributed by atoms with Gasteiger partial charge in [-0.25, -0.2) is 4.39 Å². The molecule has 0 aromatic heterocycles. The molecule has 3 nitrogen and oxygen atoms in total. The number of benzene rings is 2. The van der Waals surface area contributed by atoms with Gasteiger partial charge >= 0.3 is 0 Å².